The van der Waals surface area contributed by atoms with E-state index in [9.17, 15) is 13.2 Å². The number of hydrazine groups is 1. The van der Waals surface area contributed by atoms with E-state index >= 15 is 0 Å². The molecule has 102 valence electrons. The first-order valence-electron chi connectivity index (χ1n) is 5.17. The van der Waals surface area contributed by atoms with Crippen LogP contribution < -0.4 is 16.0 Å². The summed E-state index contributed by atoms with van der Waals surface area (Å²) in [5.41, 5.74) is 2.56. The van der Waals surface area contributed by atoms with Crippen molar-refractivity contribution < 1.29 is 17.9 Å². The Morgan fingerprint density at radius 3 is 2.63 bits per heavy atom. The molecule has 0 fully saturated rings. The highest BCUT2D eigenvalue weighted by Gasteiger charge is 2.33. The van der Waals surface area contributed by atoms with Gasteiger partial charge in [0.1, 0.15) is 23.9 Å². The first-order valence-corrected chi connectivity index (χ1v) is 5.17. The van der Waals surface area contributed by atoms with Crippen molar-refractivity contribution in [1.82, 2.24) is 20.6 Å². The molecule has 0 radical (unpaired) electrons. The molecule has 0 bridgehead atoms. The SMILES string of the molecule is NNC(c1ncn[nH]1)c1ccccc1OC(F)(F)F. The summed E-state index contributed by atoms with van der Waals surface area (Å²) in [4.78, 5) is 3.86. The normalized spacial score (nSPS) is 13.3. The highest BCUT2D eigenvalue weighted by Crippen LogP contribution is 2.31. The van der Waals surface area contributed by atoms with Gasteiger partial charge in [-0.05, 0) is 6.07 Å². The zero-order chi connectivity index (χ0) is 13.9. The molecule has 0 aliphatic carbocycles. The molecular formula is C10H10F3N5O. The smallest absolute Gasteiger partial charge is 0.405 e. The topological polar surface area (TPSA) is 88.9 Å². The van der Waals surface area contributed by atoms with E-state index in [0.717, 1.165) is 0 Å². The molecule has 1 atom stereocenters. The fraction of sp³-hybridized carbons (Fsp3) is 0.200. The van der Waals surface area contributed by atoms with E-state index in [1.54, 1.807) is 6.07 Å². The van der Waals surface area contributed by atoms with Crippen LogP contribution in [0.5, 0.6) is 5.75 Å². The van der Waals surface area contributed by atoms with Gasteiger partial charge < -0.3 is 4.74 Å². The van der Waals surface area contributed by atoms with Gasteiger partial charge in [-0.3, -0.25) is 10.9 Å². The van der Waals surface area contributed by atoms with Crippen LogP contribution in [0.15, 0.2) is 30.6 Å². The second-order valence-corrected chi connectivity index (χ2v) is 3.56. The Bertz CT molecular complexity index is 528. The molecule has 1 unspecified atom stereocenters. The molecule has 0 saturated carbocycles. The molecule has 0 spiro atoms. The quantitative estimate of drug-likeness (QED) is 0.576. The molecule has 2 aromatic rings. The number of nitrogens with zero attached hydrogens (tertiary/aromatic N) is 2. The molecule has 4 N–H and O–H groups in total. The van der Waals surface area contributed by atoms with Gasteiger partial charge in [-0.1, -0.05) is 18.2 Å². The third kappa shape index (κ3) is 3.20. The summed E-state index contributed by atoms with van der Waals surface area (Å²) in [6, 6.07) is 4.86. The van der Waals surface area contributed by atoms with Crippen molar-refractivity contribution in [3.8, 4) is 5.75 Å². The molecule has 1 aromatic heterocycles. The van der Waals surface area contributed by atoms with E-state index in [0.29, 0.717) is 0 Å². The fourth-order valence-corrected chi connectivity index (χ4v) is 1.61. The highest BCUT2D eigenvalue weighted by atomic mass is 19.4. The van der Waals surface area contributed by atoms with Crippen molar-refractivity contribution in [2.24, 2.45) is 5.84 Å². The molecule has 1 heterocycles. The van der Waals surface area contributed by atoms with Gasteiger partial charge in [0.2, 0.25) is 0 Å². The number of hydrogen-bond acceptors (Lipinski definition) is 5. The fourth-order valence-electron chi connectivity index (χ4n) is 1.61. The summed E-state index contributed by atoms with van der Waals surface area (Å²) in [6.45, 7) is 0. The molecule has 2 rings (SSSR count). The average molecular weight is 273 g/mol. The summed E-state index contributed by atoms with van der Waals surface area (Å²) < 4.78 is 40.9. The molecule has 0 aliphatic heterocycles. The first kappa shape index (κ1) is 13.3. The van der Waals surface area contributed by atoms with Gasteiger partial charge in [-0.15, -0.1) is 13.2 Å². The number of aromatic nitrogens is 3. The van der Waals surface area contributed by atoms with Crippen LogP contribution in [0, 0.1) is 0 Å². The van der Waals surface area contributed by atoms with Gasteiger partial charge >= 0.3 is 6.36 Å². The van der Waals surface area contributed by atoms with Crippen molar-refractivity contribution in [3.63, 3.8) is 0 Å². The molecule has 6 nitrogen and oxygen atoms in total. The average Bonchev–Trinajstić information content (AvgIpc) is 2.84. The van der Waals surface area contributed by atoms with Crippen LogP contribution in [0.3, 0.4) is 0 Å². The van der Waals surface area contributed by atoms with Gasteiger partial charge in [-0.25, -0.2) is 10.4 Å². The largest absolute Gasteiger partial charge is 0.573 e. The van der Waals surface area contributed by atoms with Gasteiger partial charge in [0.25, 0.3) is 0 Å². The second-order valence-electron chi connectivity index (χ2n) is 3.56. The van der Waals surface area contributed by atoms with E-state index in [1.165, 1.54) is 24.5 Å². The number of nitrogens with two attached hydrogens (primary N) is 1. The first-order chi connectivity index (χ1) is 9.01. The molecule has 0 saturated heterocycles. The number of H-pyrrole nitrogens is 1. The monoisotopic (exact) mass is 273 g/mol. The van der Waals surface area contributed by atoms with Crippen LogP contribution in [-0.2, 0) is 0 Å². The maximum atomic E-state index is 12.3. The van der Waals surface area contributed by atoms with E-state index in [1.807, 2.05) is 0 Å². The van der Waals surface area contributed by atoms with Gasteiger partial charge in [-0.2, -0.15) is 5.10 Å². The standard InChI is InChI=1S/C10H10F3N5O/c11-10(12,13)19-7-4-2-1-3-6(7)8(17-14)9-15-5-16-18-9/h1-5,8,17H,14H2,(H,15,16,18). The number of benzene rings is 1. The number of alkyl halides is 3. The maximum absolute atomic E-state index is 12.3. The van der Waals surface area contributed by atoms with Gasteiger partial charge in [0.15, 0.2) is 0 Å². The Kier molecular flexibility index (Phi) is 3.67. The van der Waals surface area contributed by atoms with Crippen LogP contribution in [0.25, 0.3) is 0 Å². The Labute approximate surface area is 105 Å². The lowest BCUT2D eigenvalue weighted by Crippen LogP contribution is -2.30. The minimum absolute atomic E-state index is 0.194. The summed E-state index contributed by atoms with van der Waals surface area (Å²) in [5, 5.41) is 6.16. The van der Waals surface area contributed by atoms with E-state index in [2.05, 4.69) is 25.3 Å². The predicted molar refractivity (Wildman–Crippen MR) is 58.7 cm³/mol. The number of halogens is 3. The van der Waals surface area contributed by atoms with Gasteiger partial charge in [0.05, 0.1) is 0 Å². The van der Waals surface area contributed by atoms with Crippen molar-refractivity contribution in [1.29, 1.82) is 0 Å². The zero-order valence-electron chi connectivity index (χ0n) is 9.48. The number of hydrogen-bond donors (Lipinski definition) is 3. The minimum Gasteiger partial charge on any atom is -0.405 e. The predicted octanol–water partition coefficient (Wildman–Crippen LogP) is 1.26. The molecule has 19 heavy (non-hydrogen) atoms. The lowest BCUT2D eigenvalue weighted by molar-refractivity contribution is -0.275. The van der Waals surface area contributed by atoms with E-state index < -0.39 is 12.4 Å². The van der Waals surface area contributed by atoms with Crippen molar-refractivity contribution in [3.05, 3.63) is 42.0 Å². The van der Waals surface area contributed by atoms with Crippen molar-refractivity contribution in [2.75, 3.05) is 0 Å². The third-order valence-corrected chi connectivity index (χ3v) is 2.33. The molecule has 0 aliphatic rings. The second kappa shape index (κ2) is 5.24. The van der Waals surface area contributed by atoms with Crippen LogP contribution in [0.2, 0.25) is 0 Å². The summed E-state index contributed by atoms with van der Waals surface area (Å²) >= 11 is 0. The molecule has 9 heteroatoms. The summed E-state index contributed by atoms with van der Waals surface area (Å²) in [6.07, 6.45) is -3.55. The van der Waals surface area contributed by atoms with Crippen molar-refractivity contribution >= 4 is 0 Å². The van der Waals surface area contributed by atoms with Gasteiger partial charge in [0, 0.05) is 5.56 Å². The maximum Gasteiger partial charge on any atom is 0.573 e. The minimum atomic E-state index is -4.78. The third-order valence-electron chi connectivity index (χ3n) is 2.33. The highest BCUT2D eigenvalue weighted by molar-refractivity contribution is 5.38. The van der Waals surface area contributed by atoms with Crippen molar-refractivity contribution in [2.45, 2.75) is 12.4 Å². The Hall–Kier alpha value is -2.13. The number of para-hydroxylation sites is 1. The number of aromatic amines is 1. The summed E-state index contributed by atoms with van der Waals surface area (Å²) in [5.74, 6) is 5.28. The van der Waals surface area contributed by atoms with Crippen LogP contribution in [-0.4, -0.2) is 21.5 Å². The van der Waals surface area contributed by atoms with Crippen LogP contribution >= 0.6 is 0 Å². The number of nitrogens with one attached hydrogen (secondary N) is 2. The molecule has 1 aromatic carbocycles. The Morgan fingerprint density at radius 1 is 1.32 bits per heavy atom. The van der Waals surface area contributed by atoms with E-state index in [-0.39, 0.29) is 17.1 Å². The number of rotatable bonds is 4. The molecular weight excluding hydrogens is 263 g/mol. The van der Waals surface area contributed by atoms with Crippen LogP contribution in [0.1, 0.15) is 17.4 Å². The number of ether oxygens (including phenoxy) is 1. The zero-order valence-corrected chi connectivity index (χ0v) is 9.48. The Morgan fingerprint density at radius 2 is 2.05 bits per heavy atom. The van der Waals surface area contributed by atoms with E-state index in [4.69, 9.17) is 5.84 Å². The van der Waals surface area contributed by atoms with Crippen LogP contribution in [0.4, 0.5) is 13.2 Å². The Balaban J connectivity index is 2.38. The lowest BCUT2D eigenvalue weighted by atomic mass is 10.1. The summed E-state index contributed by atoms with van der Waals surface area (Å²) in [7, 11) is 0. The lowest BCUT2D eigenvalue weighted by Gasteiger charge is -2.18. The molecule has 0 amide bonds.